The maximum absolute atomic E-state index is 12.7. The number of carbonyl (C=O) groups excluding carboxylic acids is 1. The lowest BCUT2D eigenvalue weighted by Crippen LogP contribution is -2.36. The molecule has 0 spiro atoms. The third-order valence-electron chi connectivity index (χ3n) is 4.12. The summed E-state index contributed by atoms with van der Waals surface area (Å²) in [4.78, 5) is 14.2. The third kappa shape index (κ3) is 4.43. The molecule has 7 heteroatoms. The average molecular weight is 372 g/mol. The van der Waals surface area contributed by atoms with Gasteiger partial charge in [0.15, 0.2) is 11.5 Å². The lowest BCUT2D eigenvalue weighted by Gasteiger charge is -2.23. The Morgan fingerprint density at radius 1 is 1.19 bits per heavy atom. The topological polar surface area (TPSA) is 80.3 Å². The number of methoxy groups -OCH3 is 1. The van der Waals surface area contributed by atoms with Crippen molar-refractivity contribution in [3.05, 3.63) is 48.0 Å². The number of fused-ring (bicyclic) bond motifs is 1. The van der Waals surface area contributed by atoms with Crippen LogP contribution in [0.3, 0.4) is 0 Å². The third-order valence-corrected chi connectivity index (χ3v) is 4.12. The number of aliphatic hydroxyl groups excluding tert-OH is 1. The molecule has 0 unspecified atom stereocenters. The fourth-order valence-corrected chi connectivity index (χ4v) is 2.92. The van der Waals surface area contributed by atoms with E-state index in [4.69, 9.17) is 14.2 Å². The van der Waals surface area contributed by atoms with Crippen molar-refractivity contribution < 1.29 is 24.1 Å². The molecule has 1 heterocycles. The highest BCUT2D eigenvalue weighted by molar-refractivity contribution is 5.89. The first-order valence-electron chi connectivity index (χ1n) is 8.72. The van der Waals surface area contributed by atoms with Crippen molar-refractivity contribution in [2.45, 2.75) is 26.2 Å². The van der Waals surface area contributed by atoms with Gasteiger partial charge in [-0.25, -0.2) is 4.79 Å². The molecule has 0 saturated carbocycles. The minimum absolute atomic E-state index is 0.141. The van der Waals surface area contributed by atoms with Gasteiger partial charge in [-0.1, -0.05) is 18.2 Å². The summed E-state index contributed by atoms with van der Waals surface area (Å²) in [6.45, 7) is 4.01. The predicted molar refractivity (Wildman–Crippen MR) is 101 cm³/mol. The number of carbonyl (C=O) groups is 1. The Morgan fingerprint density at radius 2 is 1.93 bits per heavy atom. The van der Waals surface area contributed by atoms with Gasteiger partial charge < -0.3 is 29.5 Å². The summed E-state index contributed by atoms with van der Waals surface area (Å²) in [5, 5.41) is 12.2. The number of benzene rings is 2. The average Bonchev–Trinajstić information content (AvgIpc) is 2.94. The molecular formula is C20H24N2O5. The Kier molecular flexibility index (Phi) is 5.41. The molecule has 0 aliphatic carbocycles. The van der Waals surface area contributed by atoms with E-state index in [1.807, 2.05) is 38.1 Å². The highest BCUT2D eigenvalue weighted by Crippen LogP contribution is 2.40. The summed E-state index contributed by atoms with van der Waals surface area (Å²) in [5.41, 5.74) is 1.44. The number of ether oxygens (including phenoxy) is 3. The molecule has 3 rings (SSSR count). The molecule has 7 nitrogen and oxygen atoms in total. The second-order valence-corrected chi connectivity index (χ2v) is 6.65. The molecule has 1 aliphatic heterocycles. The number of nitrogens with zero attached hydrogens (tertiary/aromatic N) is 1. The van der Waals surface area contributed by atoms with Crippen LogP contribution in [0, 0.1) is 0 Å². The van der Waals surface area contributed by atoms with Crippen molar-refractivity contribution in [2.75, 3.05) is 25.6 Å². The summed E-state index contributed by atoms with van der Waals surface area (Å²) >= 11 is 0. The zero-order valence-corrected chi connectivity index (χ0v) is 15.7. The molecule has 0 atom stereocenters. The van der Waals surface area contributed by atoms with Crippen LogP contribution in [0.25, 0.3) is 0 Å². The molecule has 0 saturated heterocycles. The van der Waals surface area contributed by atoms with Gasteiger partial charge in [-0.05, 0) is 18.2 Å². The van der Waals surface area contributed by atoms with Crippen LogP contribution in [-0.4, -0.2) is 42.1 Å². The van der Waals surface area contributed by atoms with Gasteiger partial charge in [0.05, 0.1) is 20.3 Å². The van der Waals surface area contributed by atoms with Crippen LogP contribution in [0.15, 0.2) is 42.5 Å². The lowest BCUT2D eigenvalue weighted by atomic mass is 10.2. The largest absolute Gasteiger partial charge is 0.496 e. The summed E-state index contributed by atoms with van der Waals surface area (Å²) < 4.78 is 16.7. The first-order valence-corrected chi connectivity index (χ1v) is 8.72. The number of hydrogen-bond donors (Lipinski definition) is 2. The van der Waals surface area contributed by atoms with Gasteiger partial charge in [0, 0.05) is 37.7 Å². The van der Waals surface area contributed by atoms with E-state index in [9.17, 15) is 9.90 Å². The van der Waals surface area contributed by atoms with E-state index in [2.05, 4.69) is 5.32 Å². The maximum atomic E-state index is 12.7. The van der Waals surface area contributed by atoms with E-state index in [0.717, 1.165) is 5.56 Å². The molecule has 144 valence electrons. The number of anilines is 1. The van der Waals surface area contributed by atoms with Crippen LogP contribution in [0.2, 0.25) is 0 Å². The van der Waals surface area contributed by atoms with Gasteiger partial charge in [0.1, 0.15) is 5.75 Å². The molecule has 0 aromatic heterocycles. The second kappa shape index (κ2) is 7.75. The lowest BCUT2D eigenvalue weighted by molar-refractivity contribution is -0.0431. The summed E-state index contributed by atoms with van der Waals surface area (Å²) in [6.07, 6.45) is 0. The van der Waals surface area contributed by atoms with Crippen LogP contribution in [-0.2, 0) is 6.54 Å². The number of aliphatic hydroxyl groups is 1. The van der Waals surface area contributed by atoms with Gasteiger partial charge in [-0.2, -0.15) is 0 Å². The van der Waals surface area contributed by atoms with Gasteiger partial charge in [-0.15, -0.1) is 0 Å². The summed E-state index contributed by atoms with van der Waals surface area (Å²) in [7, 11) is 1.59. The Bertz CT molecular complexity index is 822. The van der Waals surface area contributed by atoms with E-state index in [-0.39, 0.29) is 19.2 Å². The number of amides is 2. The zero-order chi connectivity index (χ0) is 19.4. The Hall–Kier alpha value is -2.93. The minimum Gasteiger partial charge on any atom is -0.496 e. The molecule has 0 bridgehead atoms. The van der Waals surface area contributed by atoms with Crippen LogP contribution in [0.5, 0.6) is 17.2 Å². The molecule has 27 heavy (non-hydrogen) atoms. The van der Waals surface area contributed by atoms with Gasteiger partial charge >= 0.3 is 6.03 Å². The fraction of sp³-hybridized carbons (Fsp3) is 0.350. The highest BCUT2D eigenvalue weighted by atomic mass is 16.7. The standard InChI is InChI=1S/C20H24N2O5/c1-20(2)26-17-9-8-15(12-18(17)27-20)21-19(24)22(10-11-23)13-14-6-4-5-7-16(14)25-3/h4-9,12,23H,10-11,13H2,1-3H3,(H,21,24). The first kappa shape index (κ1) is 18.8. The highest BCUT2D eigenvalue weighted by Gasteiger charge is 2.31. The predicted octanol–water partition coefficient (Wildman–Crippen LogP) is 3.23. The zero-order valence-electron chi connectivity index (χ0n) is 15.7. The van der Waals surface area contributed by atoms with Crippen LogP contribution < -0.4 is 19.5 Å². The summed E-state index contributed by atoms with van der Waals surface area (Å²) in [5.74, 6) is 1.19. The van der Waals surface area contributed by atoms with E-state index in [1.165, 1.54) is 4.90 Å². The Morgan fingerprint density at radius 3 is 2.67 bits per heavy atom. The van der Waals surface area contributed by atoms with Crippen molar-refractivity contribution in [1.29, 1.82) is 0 Å². The molecule has 1 aliphatic rings. The second-order valence-electron chi connectivity index (χ2n) is 6.65. The molecule has 2 N–H and O–H groups in total. The smallest absolute Gasteiger partial charge is 0.322 e. The van der Waals surface area contributed by atoms with Crippen molar-refractivity contribution >= 4 is 11.7 Å². The Labute approximate surface area is 158 Å². The van der Waals surface area contributed by atoms with Crippen molar-refractivity contribution in [2.24, 2.45) is 0 Å². The van der Waals surface area contributed by atoms with Crippen LogP contribution in [0.1, 0.15) is 19.4 Å². The first-order chi connectivity index (χ1) is 12.9. The minimum atomic E-state index is -0.724. The molecular weight excluding hydrogens is 348 g/mol. The number of rotatable bonds is 6. The number of nitrogens with one attached hydrogen (secondary N) is 1. The molecule has 2 aromatic carbocycles. The molecule has 2 aromatic rings. The van der Waals surface area contributed by atoms with Gasteiger partial charge in [-0.3, -0.25) is 0 Å². The number of hydrogen-bond acceptors (Lipinski definition) is 5. The quantitative estimate of drug-likeness (QED) is 0.814. The molecule has 0 fully saturated rings. The monoisotopic (exact) mass is 372 g/mol. The number of para-hydroxylation sites is 1. The molecule has 0 radical (unpaired) electrons. The van der Waals surface area contributed by atoms with Crippen molar-refractivity contribution in [3.8, 4) is 17.2 Å². The maximum Gasteiger partial charge on any atom is 0.322 e. The van der Waals surface area contributed by atoms with Crippen LogP contribution in [0.4, 0.5) is 10.5 Å². The molecule has 2 amide bonds. The van der Waals surface area contributed by atoms with Crippen molar-refractivity contribution in [3.63, 3.8) is 0 Å². The van der Waals surface area contributed by atoms with E-state index in [0.29, 0.717) is 29.5 Å². The normalized spacial score (nSPS) is 13.9. The fourth-order valence-electron chi connectivity index (χ4n) is 2.92. The van der Waals surface area contributed by atoms with Crippen molar-refractivity contribution in [1.82, 2.24) is 4.90 Å². The Balaban J connectivity index is 1.73. The van der Waals surface area contributed by atoms with E-state index in [1.54, 1.807) is 25.3 Å². The van der Waals surface area contributed by atoms with Gasteiger partial charge in [0.2, 0.25) is 5.79 Å². The van der Waals surface area contributed by atoms with E-state index < -0.39 is 5.79 Å². The van der Waals surface area contributed by atoms with E-state index >= 15 is 0 Å². The summed E-state index contributed by atoms with van der Waals surface area (Å²) in [6, 6.07) is 12.4. The SMILES string of the molecule is COc1ccccc1CN(CCO)C(=O)Nc1ccc2c(c1)OC(C)(C)O2. The van der Waals surface area contributed by atoms with Crippen LogP contribution >= 0.6 is 0 Å². The number of urea groups is 1. The van der Waals surface area contributed by atoms with Gasteiger partial charge in [0.25, 0.3) is 0 Å².